The molecule has 0 spiro atoms. The van der Waals surface area contributed by atoms with E-state index < -0.39 is 0 Å². The third-order valence-electron chi connectivity index (χ3n) is 1.85. The van der Waals surface area contributed by atoms with Crippen LogP contribution in [0.25, 0.3) is 0 Å². The van der Waals surface area contributed by atoms with Gasteiger partial charge in [0.2, 0.25) is 0 Å². The van der Waals surface area contributed by atoms with Gasteiger partial charge in [-0.05, 0) is 19.3 Å². The van der Waals surface area contributed by atoms with Gasteiger partial charge in [0.05, 0.1) is 6.10 Å². The van der Waals surface area contributed by atoms with E-state index in [1.807, 2.05) is 0 Å². The minimum Gasteiger partial charge on any atom is -0.356 e. The van der Waals surface area contributed by atoms with Crippen molar-refractivity contribution in [2.75, 3.05) is 7.11 Å². The second-order valence-corrected chi connectivity index (χ2v) is 2.65. The highest BCUT2D eigenvalue weighted by molar-refractivity contribution is 4.52. The van der Waals surface area contributed by atoms with E-state index in [9.17, 15) is 0 Å². The summed E-state index contributed by atoms with van der Waals surface area (Å²) in [6, 6.07) is 0. The van der Waals surface area contributed by atoms with E-state index in [2.05, 4.69) is 20.8 Å². The van der Waals surface area contributed by atoms with Crippen LogP contribution >= 0.6 is 0 Å². The Bertz CT molecular complexity index is 65.6. The van der Waals surface area contributed by atoms with E-state index in [-0.39, 0.29) is 6.29 Å². The standard InChI is InChI=1S/C9H20O2/c1-5-8(6-2)11-9(7-3)10-4/h8-9H,5-7H2,1-4H3. The van der Waals surface area contributed by atoms with Crippen LogP contribution in [0.5, 0.6) is 0 Å². The fourth-order valence-electron chi connectivity index (χ4n) is 1.01. The molecule has 0 rings (SSSR count). The van der Waals surface area contributed by atoms with Crippen molar-refractivity contribution in [3.63, 3.8) is 0 Å². The second-order valence-electron chi connectivity index (χ2n) is 2.65. The summed E-state index contributed by atoms with van der Waals surface area (Å²) in [5, 5.41) is 0. The molecule has 0 aliphatic rings. The molecule has 2 heteroatoms. The molecule has 0 aromatic carbocycles. The molecule has 0 aromatic heterocycles. The van der Waals surface area contributed by atoms with E-state index in [4.69, 9.17) is 9.47 Å². The quantitative estimate of drug-likeness (QED) is 0.556. The molecule has 0 aliphatic heterocycles. The van der Waals surface area contributed by atoms with Crippen LogP contribution in [0.1, 0.15) is 40.0 Å². The molecule has 0 bridgehead atoms. The molecule has 0 aromatic rings. The molecular formula is C9H20O2. The second kappa shape index (κ2) is 6.62. The highest BCUT2D eigenvalue weighted by Crippen LogP contribution is 2.09. The minimum absolute atomic E-state index is 0.0140. The molecule has 1 atom stereocenters. The van der Waals surface area contributed by atoms with Crippen LogP contribution in [-0.4, -0.2) is 19.5 Å². The highest BCUT2D eigenvalue weighted by Gasteiger charge is 2.10. The first kappa shape index (κ1) is 10.9. The Balaban J connectivity index is 3.58. The zero-order valence-corrected chi connectivity index (χ0v) is 8.09. The molecule has 11 heavy (non-hydrogen) atoms. The number of rotatable bonds is 6. The van der Waals surface area contributed by atoms with Gasteiger partial charge in [0.25, 0.3) is 0 Å². The Labute approximate surface area is 69.9 Å². The van der Waals surface area contributed by atoms with E-state index in [0.717, 1.165) is 19.3 Å². The van der Waals surface area contributed by atoms with E-state index in [1.165, 1.54) is 0 Å². The van der Waals surface area contributed by atoms with Gasteiger partial charge in [-0.3, -0.25) is 0 Å². The van der Waals surface area contributed by atoms with Gasteiger partial charge in [-0.15, -0.1) is 0 Å². The molecule has 0 aliphatic carbocycles. The van der Waals surface area contributed by atoms with Crippen molar-refractivity contribution in [1.82, 2.24) is 0 Å². The summed E-state index contributed by atoms with van der Waals surface area (Å²) in [6.45, 7) is 6.34. The molecule has 0 N–H and O–H groups in total. The lowest BCUT2D eigenvalue weighted by Gasteiger charge is -2.20. The van der Waals surface area contributed by atoms with Gasteiger partial charge in [-0.1, -0.05) is 20.8 Å². The molecule has 0 heterocycles. The topological polar surface area (TPSA) is 18.5 Å². The first-order valence-electron chi connectivity index (χ1n) is 4.46. The van der Waals surface area contributed by atoms with Crippen molar-refractivity contribution in [1.29, 1.82) is 0 Å². The van der Waals surface area contributed by atoms with Gasteiger partial charge in [0.1, 0.15) is 0 Å². The van der Waals surface area contributed by atoms with Crippen LogP contribution in [0.4, 0.5) is 0 Å². The Morgan fingerprint density at radius 1 is 1.00 bits per heavy atom. The average Bonchev–Trinajstić information content (AvgIpc) is 2.07. The Hall–Kier alpha value is -0.0800. The summed E-state index contributed by atoms with van der Waals surface area (Å²) in [6.07, 6.45) is 3.40. The van der Waals surface area contributed by atoms with Crippen LogP contribution in [0.15, 0.2) is 0 Å². The molecule has 68 valence electrons. The fourth-order valence-corrected chi connectivity index (χ4v) is 1.01. The first-order chi connectivity index (χ1) is 5.28. The van der Waals surface area contributed by atoms with Crippen molar-refractivity contribution in [3.05, 3.63) is 0 Å². The molecule has 0 fully saturated rings. The third kappa shape index (κ3) is 4.38. The predicted octanol–water partition coefficient (Wildman–Crippen LogP) is 2.57. The van der Waals surface area contributed by atoms with E-state index in [0.29, 0.717) is 6.10 Å². The van der Waals surface area contributed by atoms with Gasteiger partial charge in [0, 0.05) is 7.11 Å². The molecule has 0 radical (unpaired) electrons. The van der Waals surface area contributed by atoms with Gasteiger partial charge < -0.3 is 9.47 Å². The van der Waals surface area contributed by atoms with Crippen molar-refractivity contribution in [2.24, 2.45) is 0 Å². The molecule has 0 amide bonds. The predicted molar refractivity (Wildman–Crippen MR) is 46.5 cm³/mol. The van der Waals surface area contributed by atoms with Crippen molar-refractivity contribution in [2.45, 2.75) is 52.4 Å². The molecule has 2 nitrogen and oxygen atoms in total. The van der Waals surface area contributed by atoms with Crippen LogP contribution in [0.2, 0.25) is 0 Å². The average molecular weight is 160 g/mol. The van der Waals surface area contributed by atoms with Gasteiger partial charge in [0.15, 0.2) is 6.29 Å². The SMILES string of the molecule is CCC(CC)OC(CC)OC. The zero-order chi connectivity index (χ0) is 8.69. The van der Waals surface area contributed by atoms with Crippen LogP contribution in [-0.2, 0) is 9.47 Å². The summed E-state index contributed by atoms with van der Waals surface area (Å²) < 4.78 is 10.7. The van der Waals surface area contributed by atoms with Crippen molar-refractivity contribution in [3.8, 4) is 0 Å². The van der Waals surface area contributed by atoms with Gasteiger partial charge in [-0.25, -0.2) is 0 Å². The Morgan fingerprint density at radius 3 is 1.82 bits per heavy atom. The van der Waals surface area contributed by atoms with Crippen molar-refractivity contribution < 1.29 is 9.47 Å². The molecule has 0 saturated heterocycles. The van der Waals surface area contributed by atoms with Gasteiger partial charge >= 0.3 is 0 Å². The largest absolute Gasteiger partial charge is 0.356 e. The lowest BCUT2D eigenvalue weighted by Crippen LogP contribution is -2.21. The minimum atomic E-state index is -0.0140. The smallest absolute Gasteiger partial charge is 0.157 e. The molecule has 0 saturated carbocycles. The normalized spacial score (nSPS) is 13.9. The number of hydrogen-bond donors (Lipinski definition) is 0. The Morgan fingerprint density at radius 2 is 1.55 bits per heavy atom. The highest BCUT2D eigenvalue weighted by atomic mass is 16.7. The summed E-state index contributed by atoms with van der Waals surface area (Å²) >= 11 is 0. The maximum atomic E-state index is 5.62. The number of methoxy groups -OCH3 is 1. The maximum Gasteiger partial charge on any atom is 0.157 e. The lowest BCUT2D eigenvalue weighted by molar-refractivity contribution is -0.157. The summed E-state index contributed by atoms with van der Waals surface area (Å²) in [5.41, 5.74) is 0. The van der Waals surface area contributed by atoms with E-state index in [1.54, 1.807) is 7.11 Å². The van der Waals surface area contributed by atoms with Crippen LogP contribution in [0, 0.1) is 0 Å². The van der Waals surface area contributed by atoms with Crippen LogP contribution < -0.4 is 0 Å². The zero-order valence-electron chi connectivity index (χ0n) is 8.09. The van der Waals surface area contributed by atoms with Crippen molar-refractivity contribution >= 4 is 0 Å². The molecular weight excluding hydrogens is 140 g/mol. The molecule has 1 unspecified atom stereocenters. The lowest BCUT2D eigenvalue weighted by atomic mass is 10.2. The van der Waals surface area contributed by atoms with E-state index >= 15 is 0 Å². The number of ether oxygens (including phenoxy) is 2. The summed E-state index contributed by atoms with van der Waals surface area (Å²) in [4.78, 5) is 0. The fraction of sp³-hybridized carbons (Fsp3) is 1.00. The summed E-state index contributed by atoms with van der Waals surface area (Å²) in [5.74, 6) is 0. The first-order valence-corrected chi connectivity index (χ1v) is 4.46. The third-order valence-corrected chi connectivity index (χ3v) is 1.85. The Kier molecular flexibility index (Phi) is 6.57. The maximum absolute atomic E-state index is 5.62. The summed E-state index contributed by atoms with van der Waals surface area (Å²) in [7, 11) is 1.69. The van der Waals surface area contributed by atoms with Gasteiger partial charge in [-0.2, -0.15) is 0 Å². The monoisotopic (exact) mass is 160 g/mol. The van der Waals surface area contributed by atoms with Crippen LogP contribution in [0.3, 0.4) is 0 Å². The number of hydrogen-bond acceptors (Lipinski definition) is 2.